The number of nitrogens with one attached hydrogen (secondary N) is 1. The molecule has 200 valence electrons. The minimum Gasteiger partial charge on any atom is -0.495 e. The summed E-state index contributed by atoms with van der Waals surface area (Å²) in [6.45, 7) is 12.8. The Morgan fingerprint density at radius 2 is 1.62 bits per heavy atom. The van der Waals surface area contributed by atoms with E-state index in [0.29, 0.717) is 45.4 Å². The van der Waals surface area contributed by atoms with Gasteiger partial charge in [0.15, 0.2) is 11.5 Å². The van der Waals surface area contributed by atoms with Gasteiger partial charge in [-0.05, 0) is 39.3 Å². The topological polar surface area (TPSA) is 72.0 Å². The van der Waals surface area contributed by atoms with Gasteiger partial charge in [0.05, 0.1) is 42.1 Å². The largest absolute Gasteiger partial charge is 0.495 e. The molecule has 8 nitrogen and oxygen atoms in total. The monoisotopic (exact) mass is 547 g/mol. The molecule has 0 saturated carbocycles. The number of anilines is 2. The van der Waals surface area contributed by atoms with Crippen LogP contribution < -0.4 is 19.5 Å². The highest BCUT2D eigenvalue weighted by Crippen LogP contribution is 2.38. The van der Waals surface area contributed by atoms with Crippen LogP contribution in [0.4, 0.5) is 11.5 Å². The van der Waals surface area contributed by atoms with Gasteiger partial charge in [0.1, 0.15) is 17.9 Å². The van der Waals surface area contributed by atoms with E-state index >= 15 is 0 Å². The third kappa shape index (κ3) is 6.68. The number of piperazine rings is 1. The maximum atomic E-state index is 6.40. The van der Waals surface area contributed by atoms with Crippen LogP contribution in [0, 0.1) is 0 Å². The average Bonchev–Trinajstić information content (AvgIpc) is 2.87. The van der Waals surface area contributed by atoms with Gasteiger partial charge in [-0.2, -0.15) is 0 Å². The molecule has 10 heteroatoms. The molecular formula is C27H35Cl2N5O3. The summed E-state index contributed by atoms with van der Waals surface area (Å²) in [5, 5.41) is 4.91. The van der Waals surface area contributed by atoms with Crippen molar-refractivity contribution in [3.63, 3.8) is 0 Å². The summed E-state index contributed by atoms with van der Waals surface area (Å²) in [6, 6.07) is 7.12. The van der Waals surface area contributed by atoms with Gasteiger partial charge >= 0.3 is 0 Å². The molecule has 4 rings (SSSR count). The number of fused-ring (bicyclic) bond motifs is 1. The number of ether oxygens (including phenoxy) is 3. The molecule has 1 fully saturated rings. The Morgan fingerprint density at radius 3 is 2.30 bits per heavy atom. The highest BCUT2D eigenvalue weighted by molar-refractivity contribution is 6.37. The van der Waals surface area contributed by atoms with Gasteiger partial charge in [-0.25, -0.2) is 9.97 Å². The Morgan fingerprint density at radius 1 is 0.892 bits per heavy atom. The van der Waals surface area contributed by atoms with Crippen LogP contribution in [0.25, 0.3) is 10.9 Å². The van der Waals surface area contributed by atoms with Gasteiger partial charge in [0.2, 0.25) is 0 Å². The van der Waals surface area contributed by atoms with E-state index in [4.69, 9.17) is 37.4 Å². The SMILES string of the molecule is COc1cc(Nc2ncnc3cc(OCCCN4CCN(C(C)(C)C)CC4)c(OC)cc23)c(Cl)cc1Cl. The Balaban J connectivity index is 1.42. The second-order valence-corrected chi connectivity index (χ2v) is 10.9. The van der Waals surface area contributed by atoms with Crippen molar-refractivity contribution < 1.29 is 14.2 Å². The molecule has 0 atom stereocenters. The minimum absolute atomic E-state index is 0.231. The lowest BCUT2D eigenvalue weighted by Gasteiger charge is -2.42. The molecule has 0 unspecified atom stereocenters. The maximum Gasteiger partial charge on any atom is 0.163 e. The molecule has 1 aliphatic rings. The van der Waals surface area contributed by atoms with Crippen LogP contribution in [-0.2, 0) is 0 Å². The fraction of sp³-hybridized carbons (Fsp3) is 0.481. The van der Waals surface area contributed by atoms with E-state index in [2.05, 4.69) is 45.9 Å². The van der Waals surface area contributed by atoms with Crippen LogP contribution in [0.1, 0.15) is 27.2 Å². The Bertz CT molecular complexity index is 1230. The zero-order valence-corrected chi connectivity index (χ0v) is 23.6. The number of nitrogens with zero attached hydrogens (tertiary/aromatic N) is 4. The lowest BCUT2D eigenvalue weighted by Crippen LogP contribution is -2.53. The zero-order chi connectivity index (χ0) is 26.6. The number of hydrogen-bond donors (Lipinski definition) is 1. The quantitative estimate of drug-likeness (QED) is 0.333. The van der Waals surface area contributed by atoms with E-state index in [9.17, 15) is 0 Å². The van der Waals surface area contributed by atoms with Crippen LogP contribution in [0.3, 0.4) is 0 Å². The maximum absolute atomic E-state index is 6.40. The molecule has 2 heterocycles. The lowest BCUT2D eigenvalue weighted by atomic mass is 10.0. The van der Waals surface area contributed by atoms with Crippen molar-refractivity contribution in [2.45, 2.75) is 32.7 Å². The highest BCUT2D eigenvalue weighted by Gasteiger charge is 2.25. The average molecular weight is 549 g/mol. The predicted octanol–water partition coefficient (Wildman–Crippen LogP) is 5.88. The van der Waals surface area contributed by atoms with Crippen molar-refractivity contribution in [2.75, 3.05) is 58.9 Å². The van der Waals surface area contributed by atoms with Crippen LogP contribution in [-0.4, -0.2) is 78.9 Å². The summed E-state index contributed by atoms with van der Waals surface area (Å²) in [6.07, 6.45) is 2.43. The van der Waals surface area contributed by atoms with Crippen molar-refractivity contribution >= 4 is 45.6 Å². The first kappa shape index (κ1) is 27.5. The van der Waals surface area contributed by atoms with E-state index in [0.717, 1.165) is 50.0 Å². The van der Waals surface area contributed by atoms with E-state index < -0.39 is 0 Å². The molecule has 3 aromatic rings. The molecule has 2 aromatic carbocycles. The first-order chi connectivity index (χ1) is 17.7. The Labute approximate surface area is 228 Å². The molecular weight excluding hydrogens is 513 g/mol. The summed E-state index contributed by atoms with van der Waals surface area (Å²) < 4.78 is 17.1. The second kappa shape index (κ2) is 11.9. The van der Waals surface area contributed by atoms with E-state index in [1.165, 1.54) is 6.33 Å². The van der Waals surface area contributed by atoms with Crippen LogP contribution in [0.15, 0.2) is 30.6 Å². The molecule has 1 aliphatic heterocycles. The number of halogens is 2. The smallest absolute Gasteiger partial charge is 0.163 e. The fourth-order valence-electron chi connectivity index (χ4n) is 4.46. The van der Waals surface area contributed by atoms with Gasteiger partial charge in [-0.15, -0.1) is 0 Å². The lowest BCUT2D eigenvalue weighted by molar-refractivity contribution is 0.0601. The van der Waals surface area contributed by atoms with E-state index in [1.807, 2.05) is 12.1 Å². The molecule has 0 aliphatic carbocycles. The predicted molar refractivity (Wildman–Crippen MR) is 150 cm³/mol. The van der Waals surface area contributed by atoms with Gasteiger partial charge in [-0.3, -0.25) is 4.90 Å². The van der Waals surface area contributed by atoms with Crippen molar-refractivity contribution in [3.8, 4) is 17.2 Å². The number of methoxy groups -OCH3 is 2. The molecule has 0 amide bonds. The molecule has 1 aromatic heterocycles. The summed E-state index contributed by atoms with van der Waals surface area (Å²) in [5.74, 6) is 2.36. The first-order valence-corrected chi connectivity index (χ1v) is 13.2. The summed E-state index contributed by atoms with van der Waals surface area (Å²) >= 11 is 12.6. The molecule has 0 bridgehead atoms. The van der Waals surface area contributed by atoms with Crippen molar-refractivity contribution in [2.24, 2.45) is 0 Å². The third-order valence-corrected chi connectivity index (χ3v) is 7.22. The fourth-order valence-corrected chi connectivity index (χ4v) is 4.97. The molecule has 1 N–H and O–H groups in total. The van der Waals surface area contributed by atoms with Crippen LogP contribution in [0.5, 0.6) is 17.2 Å². The van der Waals surface area contributed by atoms with E-state index in [1.54, 1.807) is 26.4 Å². The summed E-state index contributed by atoms with van der Waals surface area (Å²) in [7, 11) is 3.18. The van der Waals surface area contributed by atoms with E-state index in [-0.39, 0.29) is 5.54 Å². The summed E-state index contributed by atoms with van der Waals surface area (Å²) in [5.41, 5.74) is 1.57. The standard InChI is InChI=1S/C27H35Cl2N5O3/c1-27(2,3)34-10-8-33(9-11-34)7-6-12-37-25-15-21-18(13-24(25)36-5)26(31-17-30-21)32-22-16-23(35-4)20(29)14-19(22)28/h13-17H,6-12H2,1-5H3,(H,30,31,32). The van der Waals surface area contributed by atoms with Crippen molar-refractivity contribution in [1.82, 2.24) is 19.8 Å². The normalized spacial score (nSPS) is 15.1. The Hall–Kier alpha value is -2.52. The molecule has 1 saturated heterocycles. The number of hydrogen-bond acceptors (Lipinski definition) is 8. The third-order valence-electron chi connectivity index (χ3n) is 6.61. The molecule has 0 spiro atoms. The number of aromatic nitrogens is 2. The second-order valence-electron chi connectivity index (χ2n) is 10.0. The minimum atomic E-state index is 0.231. The Kier molecular flexibility index (Phi) is 8.85. The number of rotatable bonds is 9. The first-order valence-electron chi connectivity index (χ1n) is 12.4. The summed E-state index contributed by atoms with van der Waals surface area (Å²) in [4.78, 5) is 13.9. The van der Waals surface area contributed by atoms with Crippen molar-refractivity contribution in [3.05, 3.63) is 40.6 Å². The molecule has 0 radical (unpaired) electrons. The zero-order valence-electron chi connectivity index (χ0n) is 22.1. The highest BCUT2D eigenvalue weighted by atomic mass is 35.5. The van der Waals surface area contributed by atoms with Crippen molar-refractivity contribution in [1.29, 1.82) is 0 Å². The van der Waals surface area contributed by atoms with Gasteiger partial charge in [-0.1, -0.05) is 23.2 Å². The van der Waals surface area contributed by atoms with Crippen LogP contribution >= 0.6 is 23.2 Å². The van der Waals surface area contributed by atoms with Gasteiger partial charge in [0.25, 0.3) is 0 Å². The van der Waals surface area contributed by atoms with Gasteiger partial charge < -0.3 is 24.4 Å². The van der Waals surface area contributed by atoms with Crippen LogP contribution in [0.2, 0.25) is 10.0 Å². The number of benzene rings is 2. The van der Waals surface area contributed by atoms with Gasteiger partial charge in [0, 0.05) is 55.8 Å². The molecule has 37 heavy (non-hydrogen) atoms.